The van der Waals surface area contributed by atoms with Gasteiger partial charge in [-0.25, -0.2) is 0 Å². The third kappa shape index (κ3) is 13.4. The van der Waals surface area contributed by atoms with E-state index in [2.05, 4.69) is 6.92 Å². The first-order valence-electron chi connectivity index (χ1n) is 12.3. The molecule has 1 aromatic carbocycles. The van der Waals surface area contributed by atoms with E-state index in [9.17, 15) is 9.90 Å². The molecule has 29 heavy (non-hydrogen) atoms. The number of phenolic OH excluding ortho intramolecular Hbond substituents is 1. The van der Waals surface area contributed by atoms with Crippen LogP contribution in [0.5, 0.6) is 5.75 Å². The van der Waals surface area contributed by atoms with Gasteiger partial charge in [0.1, 0.15) is 5.75 Å². The van der Waals surface area contributed by atoms with Crippen LogP contribution in [0.15, 0.2) is 18.2 Å². The van der Waals surface area contributed by atoms with Gasteiger partial charge in [-0.2, -0.15) is 0 Å². The van der Waals surface area contributed by atoms with Gasteiger partial charge in [0.05, 0.1) is 5.56 Å². The molecule has 0 bridgehead atoms. The zero-order chi connectivity index (χ0) is 21.2. The van der Waals surface area contributed by atoms with Crippen LogP contribution in [0.2, 0.25) is 0 Å². The van der Waals surface area contributed by atoms with Crippen molar-refractivity contribution in [3.8, 4) is 5.75 Å². The molecule has 1 aromatic rings. The van der Waals surface area contributed by atoms with Crippen molar-refractivity contribution in [2.45, 2.75) is 122 Å². The second-order valence-corrected chi connectivity index (χ2v) is 8.61. The summed E-state index contributed by atoms with van der Waals surface area (Å²) in [5, 5.41) is 9.77. The van der Waals surface area contributed by atoms with E-state index in [1.165, 1.54) is 102 Å². The Hall–Kier alpha value is -1.51. The molecule has 0 aliphatic rings. The minimum atomic E-state index is -0.00393. The maximum absolute atomic E-state index is 12.2. The second-order valence-electron chi connectivity index (χ2n) is 8.61. The number of anilines is 1. The van der Waals surface area contributed by atoms with Crippen molar-refractivity contribution < 1.29 is 9.90 Å². The Morgan fingerprint density at radius 3 is 1.59 bits per heavy atom. The van der Waals surface area contributed by atoms with Crippen molar-refractivity contribution in [1.29, 1.82) is 0 Å². The molecule has 0 amide bonds. The van der Waals surface area contributed by atoms with Crippen molar-refractivity contribution in [1.82, 2.24) is 0 Å². The van der Waals surface area contributed by atoms with Crippen molar-refractivity contribution in [2.24, 2.45) is 0 Å². The molecule has 0 saturated carbocycles. The zero-order valence-corrected chi connectivity index (χ0v) is 18.9. The van der Waals surface area contributed by atoms with Crippen LogP contribution < -0.4 is 5.73 Å². The van der Waals surface area contributed by atoms with E-state index in [0.29, 0.717) is 17.7 Å². The average Bonchev–Trinajstić information content (AvgIpc) is 2.72. The fourth-order valence-corrected chi connectivity index (χ4v) is 3.92. The first-order chi connectivity index (χ1) is 14.1. The monoisotopic (exact) mass is 403 g/mol. The molecule has 0 unspecified atom stereocenters. The number of carbonyl (C=O) groups is 1. The number of rotatable bonds is 19. The Bertz CT molecular complexity index is 542. The summed E-state index contributed by atoms with van der Waals surface area (Å²) in [7, 11) is 0. The lowest BCUT2D eigenvalue weighted by Crippen LogP contribution is -2.00. The number of hydrogen-bond acceptors (Lipinski definition) is 3. The second kappa shape index (κ2) is 17.4. The van der Waals surface area contributed by atoms with E-state index < -0.39 is 0 Å². The predicted octanol–water partition coefficient (Wildman–Crippen LogP) is 8.20. The van der Waals surface area contributed by atoms with E-state index in [0.717, 1.165) is 12.8 Å². The average molecular weight is 404 g/mol. The lowest BCUT2D eigenvalue weighted by Gasteiger charge is -2.05. The number of nitrogens with two attached hydrogens (primary N) is 1. The highest BCUT2D eigenvalue weighted by molar-refractivity contribution is 5.99. The van der Waals surface area contributed by atoms with Gasteiger partial charge >= 0.3 is 0 Å². The summed E-state index contributed by atoms with van der Waals surface area (Å²) in [6.45, 7) is 2.28. The smallest absolute Gasteiger partial charge is 0.166 e. The number of ketones is 1. The number of nitrogen functional groups attached to an aromatic ring is 1. The minimum absolute atomic E-state index is 0.00393. The molecule has 0 spiro atoms. The van der Waals surface area contributed by atoms with Crippen LogP contribution in [0, 0.1) is 0 Å². The molecule has 166 valence electrons. The largest absolute Gasteiger partial charge is 0.507 e. The summed E-state index contributed by atoms with van der Waals surface area (Å²) in [4.78, 5) is 12.2. The highest BCUT2D eigenvalue weighted by Crippen LogP contribution is 2.22. The van der Waals surface area contributed by atoms with Crippen LogP contribution in [-0.2, 0) is 0 Å². The van der Waals surface area contributed by atoms with Crippen molar-refractivity contribution in [3.63, 3.8) is 0 Å². The Balaban J connectivity index is 1.84. The predicted molar refractivity (Wildman–Crippen MR) is 126 cm³/mol. The molecule has 1 rings (SSSR count). The zero-order valence-electron chi connectivity index (χ0n) is 18.9. The first-order valence-corrected chi connectivity index (χ1v) is 12.3. The standard InChI is InChI=1S/C26H45NO2/c1-2-3-4-5-6-7-8-9-10-11-12-13-14-15-16-17-18-19-25(28)24-22-23(27)20-21-26(24)29/h20-22,29H,2-19,27H2,1H3. The molecule has 0 radical (unpaired) electrons. The van der Waals surface area contributed by atoms with Crippen LogP contribution in [0.3, 0.4) is 0 Å². The number of aromatic hydroxyl groups is 1. The van der Waals surface area contributed by atoms with Crippen LogP contribution >= 0.6 is 0 Å². The summed E-state index contributed by atoms with van der Waals surface area (Å²) in [6.07, 6.45) is 23.2. The van der Waals surface area contributed by atoms with Crippen LogP contribution in [0.1, 0.15) is 133 Å². The molecular weight excluding hydrogens is 358 g/mol. The summed E-state index contributed by atoms with van der Waals surface area (Å²) in [5.41, 5.74) is 6.58. The third-order valence-corrected chi connectivity index (χ3v) is 5.83. The van der Waals surface area contributed by atoms with Crippen LogP contribution in [0.25, 0.3) is 0 Å². The molecule has 3 nitrogen and oxygen atoms in total. The normalized spacial score (nSPS) is 11.1. The fourth-order valence-electron chi connectivity index (χ4n) is 3.92. The van der Waals surface area contributed by atoms with E-state index in [1.807, 2.05) is 0 Å². The Labute approximate surface area is 179 Å². The molecule has 0 saturated heterocycles. The van der Waals surface area contributed by atoms with E-state index in [4.69, 9.17) is 5.73 Å². The maximum atomic E-state index is 12.2. The summed E-state index contributed by atoms with van der Waals surface area (Å²) < 4.78 is 0. The lowest BCUT2D eigenvalue weighted by atomic mass is 10.0. The third-order valence-electron chi connectivity index (χ3n) is 5.83. The maximum Gasteiger partial charge on any atom is 0.166 e. The Morgan fingerprint density at radius 1 is 0.724 bits per heavy atom. The molecule has 0 aromatic heterocycles. The summed E-state index contributed by atoms with van der Waals surface area (Å²) >= 11 is 0. The van der Waals surface area contributed by atoms with E-state index in [1.54, 1.807) is 12.1 Å². The molecule has 0 aliphatic heterocycles. The SMILES string of the molecule is CCCCCCCCCCCCCCCCCCCC(=O)c1cc(N)ccc1O. The molecule has 3 heteroatoms. The minimum Gasteiger partial charge on any atom is -0.507 e. The highest BCUT2D eigenvalue weighted by Gasteiger charge is 2.11. The number of hydrogen-bond donors (Lipinski definition) is 2. The molecule has 3 N–H and O–H groups in total. The number of unbranched alkanes of at least 4 members (excludes halogenated alkanes) is 16. The molecular formula is C26H45NO2. The van der Waals surface area contributed by atoms with Gasteiger partial charge in [-0.05, 0) is 24.6 Å². The number of phenols is 1. The van der Waals surface area contributed by atoms with Gasteiger partial charge in [0, 0.05) is 12.1 Å². The van der Waals surface area contributed by atoms with E-state index >= 15 is 0 Å². The summed E-state index contributed by atoms with van der Waals surface area (Å²) in [6, 6.07) is 4.68. The fraction of sp³-hybridized carbons (Fsp3) is 0.731. The highest BCUT2D eigenvalue weighted by atomic mass is 16.3. The number of Topliss-reactive ketones (excluding diaryl/α,β-unsaturated/α-hetero) is 1. The van der Waals surface area contributed by atoms with Crippen molar-refractivity contribution in [2.75, 3.05) is 5.73 Å². The van der Waals surface area contributed by atoms with Gasteiger partial charge in [0.2, 0.25) is 0 Å². The van der Waals surface area contributed by atoms with Crippen molar-refractivity contribution in [3.05, 3.63) is 23.8 Å². The number of benzene rings is 1. The van der Waals surface area contributed by atoms with E-state index in [-0.39, 0.29) is 11.5 Å². The van der Waals surface area contributed by atoms with Crippen LogP contribution in [0.4, 0.5) is 5.69 Å². The molecule has 0 atom stereocenters. The number of carbonyl (C=O) groups excluding carboxylic acids is 1. The Kier molecular flexibility index (Phi) is 15.3. The van der Waals surface area contributed by atoms with Gasteiger partial charge in [0.25, 0.3) is 0 Å². The first kappa shape index (κ1) is 25.5. The molecule has 0 fully saturated rings. The van der Waals surface area contributed by atoms with Gasteiger partial charge in [-0.15, -0.1) is 0 Å². The van der Waals surface area contributed by atoms with Crippen LogP contribution in [-0.4, -0.2) is 10.9 Å². The Morgan fingerprint density at radius 2 is 1.14 bits per heavy atom. The van der Waals surface area contributed by atoms with Gasteiger partial charge < -0.3 is 10.8 Å². The van der Waals surface area contributed by atoms with Gasteiger partial charge in [0.15, 0.2) is 5.78 Å². The van der Waals surface area contributed by atoms with Crippen molar-refractivity contribution >= 4 is 11.5 Å². The molecule has 0 aliphatic carbocycles. The lowest BCUT2D eigenvalue weighted by molar-refractivity contribution is 0.0976. The summed E-state index contributed by atoms with van der Waals surface area (Å²) in [5.74, 6) is 0.0342. The van der Waals surface area contributed by atoms with Gasteiger partial charge in [-0.1, -0.05) is 110 Å². The van der Waals surface area contributed by atoms with Gasteiger partial charge in [-0.3, -0.25) is 4.79 Å². The quantitative estimate of drug-likeness (QED) is 0.106. The topological polar surface area (TPSA) is 63.3 Å². The molecule has 0 heterocycles.